The zero-order chi connectivity index (χ0) is 16.0. The molecule has 0 aliphatic rings. The van der Waals surface area contributed by atoms with Crippen molar-refractivity contribution in [3.05, 3.63) is 40.9 Å². The Morgan fingerprint density at radius 3 is 2.57 bits per heavy atom. The lowest BCUT2D eigenvalue weighted by Crippen LogP contribution is -2.31. The van der Waals surface area contributed by atoms with Crippen molar-refractivity contribution < 1.29 is 19.5 Å². The number of aliphatic carboxylic acids is 1. The molecular weight excluding hydrogens is 296 g/mol. The number of carboxylic acids is 1. The number of nitrogen functional groups attached to an aromatic ring is 1. The van der Waals surface area contributed by atoms with Crippen LogP contribution in [0.2, 0.25) is 5.02 Å². The molecule has 0 spiro atoms. The number of halogens is 1. The Kier molecular flexibility index (Phi) is 6.08. The van der Waals surface area contributed by atoms with Crippen molar-refractivity contribution in [1.29, 1.82) is 0 Å². The van der Waals surface area contributed by atoms with Crippen LogP contribution in [0.4, 0.5) is 5.69 Å². The Labute approximate surface area is 126 Å². The molecule has 1 atom stereocenters. The average Bonchev–Trinajstić information content (AvgIpc) is 2.37. The van der Waals surface area contributed by atoms with Crippen LogP contribution in [0.15, 0.2) is 30.4 Å². The molecule has 0 aromatic heterocycles. The van der Waals surface area contributed by atoms with Crippen LogP contribution in [0.3, 0.4) is 0 Å². The number of ketones is 2. The number of hydrogen-bond acceptors (Lipinski definition) is 5. The van der Waals surface area contributed by atoms with Gasteiger partial charge in [-0.1, -0.05) is 17.7 Å². The number of hydrogen-bond donors (Lipinski definition) is 3. The standard InChI is InChI=1S/C14H15ClN2O4/c15-8-4-5-9(10(16)6-8)13(19)7-11(17)12(18)2-1-3-14(20)21/h1-2,4-6,11H,3,7,16-17H2,(H,20,21)/b2-1+. The molecule has 1 aromatic rings. The first-order chi connectivity index (χ1) is 9.81. The molecule has 1 rings (SSSR count). The summed E-state index contributed by atoms with van der Waals surface area (Å²) in [6, 6.07) is 3.38. The maximum atomic E-state index is 12.0. The van der Waals surface area contributed by atoms with E-state index >= 15 is 0 Å². The second kappa shape index (κ2) is 7.56. The number of rotatable bonds is 7. The minimum atomic E-state index is -1.06. The Hall–Kier alpha value is -2.18. The van der Waals surface area contributed by atoms with Crippen LogP contribution in [0.1, 0.15) is 23.2 Å². The molecular formula is C14H15ClN2O4. The van der Waals surface area contributed by atoms with Crippen molar-refractivity contribution in [3.63, 3.8) is 0 Å². The third kappa shape index (κ3) is 5.37. The van der Waals surface area contributed by atoms with Gasteiger partial charge in [-0.15, -0.1) is 0 Å². The zero-order valence-corrected chi connectivity index (χ0v) is 11.8. The monoisotopic (exact) mass is 310 g/mol. The summed E-state index contributed by atoms with van der Waals surface area (Å²) in [6.45, 7) is 0. The predicted molar refractivity (Wildman–Crippen MR) is 79.2 cm³/mol. The summed E-state index contributed by atoms with van der Waals surface area (Å²) < 4.78 is 0. The van der Waals surface area contributed by atoms with Gasteiger partial charge in [-0.2, -0.15) is 0 Å². The van der Waals surface area contributed by atoms with Gasteiger partial charge in [-0.3, -0.25) is 14.4 Å². The van der Waals surface area contributed by atoms with E-state index in [0.29, 0.717) is 5.02 Å². The third-order valence-corrected chi connectivity index (χ3v) is 2.89. The average molecular weight is 311 g/mol. The van der Waals surface area contributed by atoms with E-state index in [1.165, 1.54) is 24.3 Å². The van der Waals surface area contributed by atoms with E-state index in [-0.39, 0.29) is 29.9 Å². The predicted octanol–water partition coefficient (Wildman–Crippen LogP) is 1.42. The van der Waals surface area contributed by atoms with Gasteiger partial charge in [-0.05, 0) is 24.3 Å². The first-order valence-electron chi connectivity index (χ1n) is 6.07. The van der Waals surface area contributed by atoms with Crippen LogP contribution in [-0.4, -0.2) is 28.7 Å². The molecule has 0 amide bonds. The lowest BCUT2D eigenvalue weighted by atomic mass is 10.00. The zero-order valence-electron chi connectivity index (χ0n) is 11.1. The molecule has 0 aliphatic carbocycles. The van der Waals surface area contributed by atoms with Crippen LogP contribution < -0.4 is 11.5 Å². The van der Waals surface area contributed by atoms with Gasteiger partial charge in [0.25, 0.3) is 0 Å². The molecule has 21 heavy (non-hydrogen) atoms. The molecule has 7 heteroatoms. The maximum Gasteiger partial charge on any atom is 0.307 e. The summed E-state index contributed by atoms with van der Waals surface area (Å²) in [5.41, 5.74) is 11.8. The molecule has 0 radical (unpaired) electrons. The molecule has 0 fully saturated rings. The summed E-state index contributed by atoms with van der Waals surface area (Å²) in [4.78, 5) is 33.9. The quantitative estimate of drug-likeness (QED) is 0.397. The molecule has 0 aliphatic heterocycles. The molecule has 0 saturated heterocycles. The van der Waals surface area contributed by atoms with E-state index in [2.05, 4.69) is 0 Å². The summed E-state index contributed by atoms with van der Waals surface area (Å²) >= 11 is 5.73. The smallest absolute Gasteiger partial charge is 0.307 e. The highest BCUT2D eigenvalue weighted by Gasteiger charge is 2.18. The fraction of sp³-hybridized carbons (Fsp3) is 0.214. The number of anilines is 1. The highest BCUT2D eigenvalue weighted by atomic mass is 35.5. The number of Topliss-reactive ketones (excluding diaryl/α,β-unsaturated/α-hetero) is 1. The summed E-state index contributed by atoms with van der Waals surface area (Å²) in [5, 5.41) is 8.84. The molecule has 1 aromatic carbocycles. The van der Waals surface area contributed by atoms with Crippen molar-refractivity contribution in [2.75, 3.05) is 5.73 Å². The van der Waals surface area contributed by atoms with E-state index in [1.54, 1.807) is 0 Å². The normalized spacial score (nSPS) is 12.3. The van der Waals surface area contributed by atoms with Crippen LogP contribution in [-0.2, 0) is 9.59 Å². The Morgan fingerprint density at radius 1 is 1.33 bits per heavy atom. The molecule has 0 heterocycles. The third-order valence-electron chi connectivity index (χ3n) is 2.66. The lowest BCUT2D eigenvalue weighted by molar-refractivity contribution is -0.136. The number of carboxylic acid groups (broad SMARTS) is 1. The van der Waals surface area contributed by atoms with Crippen molar-refractivity contribution in [1.82, 2.24) is 0 Å². The minimum Gasteiger partial charge on any atom is -0.481 e. The van der Waals surface area contributed by atoms with Crippen molar-refractivity contribution >= 4 is 34.8 Å². The van der Waals surface area contributed by atoms with E-state index < -0.39 is 17.8 Å². The first kappa shape index (κ1) is 16.9. The van der Waals surface area contributed by atoms with Crippen LogP contribution in [0, 0.1) is 0 Å². The number of benzene rings is 1. The van der Waals surface area contributed by atoms with E-state index in [4.69, 9.17) is 28.2 Å². The van der Waals surface area contributed by atoms with Crippen LogP contribution in [0.25, 0.3) is 0 Å². The lowest BCUT2D eigenvalue weighted by Gasteiger charge is -2.09. The molecule has 6 nitrogen and oxygen atoms in total. The highest BCUT2D eigenvalue weighted by Crippen LogP contribution is 2.19. The Morgan fingerprint density at radius 2 is 2.00 bits per heavy atom. The Balaban J connectivity index is 2.67. The molecule has 112 valence electrons. The van der Waals surface area contributed by atoms with Crippen LogP contribution in [0.5, 0.6) is 0 Å². The van der Waals surface area contributed by atoms with Crippen molar-refractivity contribution in [3.8, 4) is 0 Å². The van der Waals surface area contributed by atoms with Gasteiger partial charge < -0.3 is 16.6 Å². The van der Waals surface area contributed by atoms with Gasteiger partial charge in [0.15, 0.2) is 11.6 Å². The fourth-order valence-electron chi connectivity index (χ4n) is 1.60. The minimum absolute atomic E-state index is 0.216. The van der Waals surface area contributed by atoms with Gasteiger partial charge in [0.2, 0.25) is 0 Å². The maximum absolute atomic E-state index is 12.0. The van der Waals surface area contributed by atoms with Crippen molar-refractivity contribution in [2.45, 2.75) is 18.9 Å². The largest absolute Gasteiger partial charge is 0.481 e. The topological polar surface area (TPSA) is 123 Å². The number of carbonyl (C=O) groups excluding carboxylic acids is 2. The highest BCUT2D eigenvalue weighted by molar-refractivity contribution is 6.31. The first-order valence-corrected chi connectivity index (χ1v) is 6.45. The van der Waals surface area contributed by atoms with E-state index in [0.717, 1.165) is 6.08 Å². The van der Waals surface area contributed by atoms with Gasteiger partial charge in [0.05, 0.1) is 12.5 Å². The Bertz CT molecular complexity index is 599. The second-order valence-electron chi connectivity index (χ2n) is 4.37. The van der Waals surface area contributed by atoms with Gasteiger partial charge in [0, 0.05) is 22.7 Å². The van der Waals surface area contributed by atoms with Gasteiger partial charge in [0.1, 0.15) is 0 Å². The van der Waals surface area contributed by atoms with Crippen molar-refractivity contribution in [2.24, 2.45) is 5.73 Å². The van der Waals surface area contributed by atoms with E-state index in [9.17, 15) is 14.4 Å². The number of nitrogens with two attached hydrogens (primary N) is 2. The van der Waals surface area contributed by atoms with E-state index in [1.807, 2.05) is 0 Å². The molecule has 0 bridgehead atoms. The molecule has 1 unspecified atom stereocenters. The number of carbonyl (C=O) groups is 3. The molecule has 0 saturated carbocycles. The van der Waals surface area contributed by atoms with Gasteiger partial charge >= 0.3 is 5.97 Å². The summed E-state index contributed by atoms with van der Waals surface area (Å²) in [6.07, 6.45) is 1.75. The van der Waals surface area contributed by atoms with Gasteiger partial charge in [-0.25, -0.2) is 0 Å². The second-order valence-corrected chi connectivity index (χ2v) is 4.80. The SMILES string of the molecule is Nc1cc(Cl)ccc1C(=O)CC(N)C(=O)/C=C/CC(=O)O. The van der Waals surface area contributed by atoms with Crippen LogP contribution >= 0.6 is 11.6 Å². The molecule has 5 N–H and O–H groups in total. The summed E-state index contributed by atoms with van der Waals surface area (Å²) in [5.74, 6) is -1.95. The fourth-order valence-corrected chi connectivity index (χ4v) is 1.78. The summed E-state index contributed by atoms with van der Waals surface area (Å²) in [7, 11) is 0.